The van der Waals surface area contributed by atoms with Crippen LogP contribution in [0.2, 0.25) is 0 Å². The second-order valence-electron chi connectivity index (χ2n) is 3.19. The molecule has 1 heterocycles. The summed E-state index contributed by atoms with van der Waals surface area (Å²) in [7, 11) is 0. The molecule has 0 saturated heterocycles. The summed E-state index contributed by atoms with van der Waals surface area (Å²) in [6.45, 7) is 2.67. The van der Waals surface area contributed by atoms with Gasteiger partial charge in [-0.2, -0.15) is 0 Å². The fraction of sp³-hybridized carbons (Fsp3) is 0.500. The van der Waals surface area contributed by atoms with Crippen LogP contribution >= 0.6 is 38.9 Å². The van der Waals surface area contributed by atoms with E-state index in [9.17, 15) is 4.79 Å². The van der Waals surface area contributed by atoms with Gasteiger partial charge in [0.05, 0.1) is 9.35 Å². The molecule has 15 heavy (non-hydrogen) atoms. The molecule has 0 fully saturated rings. The van der Waals surface area contributed by atoms with Gasteiger partial charge in [0.2, 0.25) is 0 Å². The Bertz CT molecular complexity index is 329. The highest BCUT2D eigenvalue weighted by atomic mass is 79.9. The van der Waals surface area contributed by atoms with Crippen LogP contribution in [0, 0.1) is 0 Å². The lowest BCUT2D eigenvalue weighted by atomic mass is 10.2. The number of rotatable bonds is 5. The predicted molar refractivity (Wildman–Crippen MR) is 68.9 cm³/mol. The summed E-state index contributed by atoms with van der Waals surface area (Å²) < 4.78 is 0.969. The van der Waals surface area contributed by atoms with Crippen LogP contribution in [-0.4, -0.2) is 17.8 Å². The van der Waals surface area contributed by atoms with Gasteiger partial charge in [0.25, 0.3) is 5.91 Å². The highest BCUT2D eigenvalue weighted by molar-refractivity contribution is 9.11. The number of halogens is 2. The Kier molecular flexibility index (Phi) is 5.64. The number of hydrogen-bond acceptors (Lipinski definition) is 2. The maximum absolute atomic E-state index is 11.6. The molecule has 0 aliphatic heterocycles. The lowest BCUT2D eigenvalue weighted by Gasteiger charge is -2.06. The highest BCUT2D eigenvalue weighted by Gasteiger charge is 2.08. The van der Waals surface area contributed by atoms with E-state index in [0.717, 1.165) is 16.6 Å². The molecular weight excluding hydrogens is 298 g/mol. The lowest BCUT2D eigenvalue weighted by Crippen LogP contribution is -2.25. The van der Waals surface area contributed by atoms with Crippen LogP contribution < -0.4 is 5.32 Å². The molecule has 1 aromatic heterocycles. The van der Waals surface area contributed by atoms with Crippen LogP contribution in [0.3, 0.4) is 0 Å². The average Bonchev–Trinajstić information content (AvgIpc) is 2.64. The van der Waals surface area contributed by atoms with Crippen LogP contribution in [0.25, 0.3) is 0 Å². The highest BCUT2D eigenvalue weighted by Crippen LogP contribution is 2.20. The van der Waals surface area contributed by atoms with E-state index in [1.807, 2.05) is 18.4 Å². The van der Waals surface area contributed by atoms with Gasteiger partial charge in [0.1, 0.15) is 0 Å². The van der Waals surface area contributed by atoms with Crippen LogP contribution in [0.4, 0.5) is 0 Å². The zero-order valence-electron chi connectivity index (χ0n) is 8.43. The van der Waals surface area contributed by atoms with E-state index in [1.54, 1.807) is 0 Å². The van der Waals surface area contributed by atoms with Gasteiger partial charge in [-0.05, 0) is 34.8 Å². The van der Waals surface area contributed by atoms with Gasteiger partial charge in [0, 0.05) is 17.3 Å². The summed E-state index contributed by atoms with van der Waals surface area (Å²) >= 11 is 10.8. The Balaban J connectivity index is 2.31. The summed E-state index contributed by atoms with van der Waals surface area (Å²) in [4.78, 5) is 11.6. The monoisotopic (exact) mass is 309 g/mol. The van der Waals surface area contributed by atoms with E-state index in [0.29, 0.717) is 12.1 Å². The third kappa shape index (κ3) is 4.53. The molecule has 1 unspecified atom stereocenters. The van der Waals surface area contributed by atoms with Gasteiger partial charge in [-0.25, -0.2) is 0 Å². The molecule has 0 aromatic carbocycles. The molecule has 1 N–H and O–H groups in total. The number of hydrogen-bond donors (Lipinski definition) is 1. The van der Waals surface area contributed by atoms with Crippen molar-refractivity contribution in [1.82, 2.24) is 5.32 Å². The topological polar surface area (TPSA) is 29.1 Å². The van der Waals surface area contributed by atoms with Crippen molar-refractivity contribution >= 4 is 44.8 Å². The minimum absolute atomic E-state index is 0.0306. The summed E-state index contributed by atoms with van der Waals surface area (Å²) in [5.41, 5.74) is 0.703. The van der Waals surface area contributed by atoms with Crippen LogP contribution in [-0.2, 0) is 0 Å². The number of carbonyl (C=O) groups excluding carboxylic acids is 1. The first kappa shape index (κ1) is 13.0. The van der Waals surface area contributed by atoms with E-state index < -0.39 is 0 Å². The van der Waals surface area contributed by atoms with E-state index in [-0.39, 0.29) is 11.3 Å². The maximum atomic E-state index is 11.6. The molecule has 5 heteroatoms. The van der Waals surface area contributed by atoms with Gasteiger partial charge in [-0.3, -0.25) is 4.79 Å². The first-order valence-electron chi connectivity index (χ1n) is 4.79. The number of thiophene rings is 1. The Labute approximate surface area is 107 Å². The molecule has 0 aliphatic carbocycles. The van der Waals surface area contributed by atoms with Crippen molar-refractivity contribution in [1.29, 1.82) is 0 Å². The SMILES string of the molecule is CCC(Cl)CCNC(=O)c1csc(Br)c1. The number of carbonyl (C=O) groups is 1. The Morgan fingerprint density at radius 3 is 3.00 bits per heavy atom. The zero-order chi connectivity index (χ0) is 11.3. The minimum atomic E-state index is -0.0306. The molecule has 0 radical (unpaired) electrons. The Morgan fingerprint density at radius 1 is 1.73 bits per heavy atom. The van der Waals surface area contributed by atoms with Gasteiger partial charge >= 0.3 is 0 Å². The molecule has 1 atom stereocenters. The number of alkyl halides is 1. The van der Waals surface area contributed by atoms with E-state index in [4.69, 9.17) is 11.6 Å². The fourth-order valence-electron chi connectivity index (χ4n) is 1.08. The molecule has 84 valence electrons. The van der Waals surface area contributed by atoms with E-state index in [2.05, 4.69) is 21.2 Å². The second kappa shape index (κ2) is 6.51. The third-order valence-corrected chi connectivity index (χ3v) is 4.05. The number of nitrogens with one attached hydrogen (secondary N) is 1. The van der Waals surface area contributed by atoms with Crippen molar-refractivity contribution in [2.24, 2.45) is 0 Å². The molecule has 1 rings (SSSR count). The Morgan fingerprint density at radius 2 is 2.47 bits per heavy atom. The normalized spacial score (nSPS) is 12.5. The van der Waals surface area contributed by atoms with Crippen LogP contribution in [0.1, 0.15) is 30.1 Å². The molecule has 0 spiro atoms. The lowest BCUT2D eigenvalue weighted by molar-refractivity contribution is 0.0953. The standard InChI is InChI=1S/C10H13BrClNOS/c1-2-8(12)3-4-13-10(14)7-5-9(11)15-6-7/h5-6,8H,2-4H2,1H3,(H,13,14). The average molecular weight is 311 g/mol. The van der Waals surface area contributed by atoms with Crippen LogP contribution in [0.15, 0.2) is 15.2 Å². The molecular formula is C10H13BrClNOS. The van der Waals surface area contributed by atoms with Gasteiger partial charge in [0.15, 0.2) is 0 Å². The molecule has 1 amide bonds. The fourth-order valence-corrected chi connectivity index (χ4v) is 2.32. The summed E-state index contributed by atoms with van der Waals surface area (Å²) in [5.74, 6) is -0.0306. The summed E-state index contributed by atoms with van der Waals surface area (Å²) in [5, 5.41) is 4.82. The van der Waals surface area contributed by atoms with Crippen LogP contribution in [0.5, 0.6) is 0 Å². The van der Waals surface area contributed by atoms with E-state index >= 15 is 0 Å². The van der Waals surface area contributed by atoms with Crippen molar-refractivity contribution < 1.29 is 4.79 Å². The molecule has 0 saturated carbocycles. The summed E-state index contributed by atoms with van der Waals surface area (Å²) in [6, 6.07) is 1.82. The first-order chi connectivity index (χ1) is 7.13. The summed E-state index contributed by atoms with van der Waals surface area (Å²) in [6.07, 6.45) is 1.75. The molecule has 0 aliphatic rings. The third-order valence-electron chi connectivity index (χ3n) is 2.02. The van der Waals surface area contributed by atoms with Crippen molar-refractivity contribution in [3.63, 3.8) is 0 Å². The first-order valence-corrected chi connectivity index (χ1v) is 6.90. The van der Waals surface area contributed by atoms with Crippen molar-refractivity contribution in [3.8, 4) is 0 Å². The van der Waals surface area contributed by atoms with Crippen molar-refractivity contribution in [2.45, 2.75) is 25.1 Å². The molecule has 0 bridgehead atoms. The minimum Gasteiger partial charge on any atom is -0.352 e. The quantitative estimate of drug-likeness (QED) is 0.826. The van der Waals surface area contributed by atoms with E-state index in [1.165, 1.54) is 11.3 Å². The number of amides is 1. The predicted octanol–water partition coefficient (Wildman–Crippen LogP) is 3.65. The second-order valence-corrected chi connectivity index (χ2v) is 6.10. The smallest absolute Gasteiger partial charge is 0.252 e. The molecule has 1 aromatic rings. The van der Waals surface area contributed by atoms with Crippen molar-refractivity contribution in [3.05, 3.63) is 20.8 Å². The van der Waals surface area contributed by atoms with Gasteiger partial charge in [-0.1, -0.05) is 6.92 Å². The zero-order valence-corrected chi connectivity index (χ0v) is 11.6. The molecule has 2 nitrogen and oxygen atoms in total. The largest absolute Gasteiger partial charge is 0.352 e. The Hall–Kier alpha value is -0.0600. The van der Waals surface area contributed by atoms with Gasteiger partial charge < -0.3 is 5.32 Å². The maximum Gasteiger partial charge on any atom is 0.252 e. The van der Waals surface area contributed by atoms with Crippen molar-refractivity contribution in [2.75, 3.05) is 6.54 Å². The van der Waals surface area contributed by atoms with Gasteiger partial charge in [-0.15, -0.1) is 22.9 Å².